The van der Waals surface area contributed by atoms with Crippen LogP contribution >= 0.6 is 0 Å². The van der Waals surface area contributed by atoms with Gasteiger partial charge in [-0.15, -0.1) is 0 Å². The maximum Gasteiger partial charge on any atom is 0.275 e. The fraction of sp³-hybridized carbons (Fsp3) is 0.381. The highest BCUT2D eigenvalue weighted by molar-refractivity contribution is 5.77. The average molecular weight is 357 g/mol. The van der Waals surface area contributed by atoms with Crippen LogP contribution in [-0.2, 0) is 11.3 Å². The Labute approximate surface area is 155 Å². The Morgan fingerprint density at radius 1 is 1.15 bits per heavy atom. The van der Waals surface area contributed by atoms with Crippen molar-refractivity contribution in [2.45, 2.75) is 26.4 Å². The van der Waals surface area contributed by atoms with Gasteiger partial charge in [-0.2, -0.15) is 0 Å². The van der Waals surface area contributed by atoms with Crippen molar-refractivity contribution in [3.8, 4) is 11.5 Å². The van der Waals surface area contributed by atoms with Crippen molar-refractivity contribution >= 4 is 5.91 Å². The number of likely N-dealkylation sites (N-methyl/N-ethyl adjacent to an activating group) is 1. The van der Waals surface area contributed by atoms with Crippen LogP contribution in [0.4, 0.5) is 0 Å². The van der Waals surface area contributed by atoms with Crippen LogP contribution in [0.5, 0.6) is 11.5 Å². The molecule has 5 heteroatoms. The third-order valence-corrected chi connectivity index (χ3v) is 4.17. The van der Waals surface area contributed by atoms with Gasteiger partial charge in [-0.25, -0.2) is 0 Å². The SMILES string of the molecule is CCOc1ccc(C[NH+](C)CC(=O)N[C@H](C)c2ccccc2)cc1OC. The Bertz CT molecular complexity index is 704. The van der Waals surface area contributed by atoms with Gasteiger partial charge in [0.15, 0.2) is 18.0 Å². The summed E-state index contributed by atoms with van der Waals surface area (Å²) in [6.07, 6.45) is 0. The topological polar surface area (TPSA) is 52.0 Å². The van der Waals surface area contributed by atoms with E-state index in [0.29, 0.717) is 13.2 Å². The first kappa shape index (κ1) is 19.8. The van der Waals surface area contributed by atoms with Gasteiger partial charge in [0.05, 0.1) is 26.8 Å². The minimum atomic E-state index is 0.00192. The minimum absolute atomic E-state index is 0.00192. The monoisotopic (exact) mass is 357 g/mol. The van der Waals surface area contributed by atoms with Crippen molar-refractivity contribution < 1.29 is 19.2 Å². The van der Waals surface area contributed by atoms with E-state index in [0.717, 1.165) is 34.1 Å². The summed E-state index contributed by atoms with van der Waals surface area (Å²) in [6, 6.07) is 15.9. The van der Waals surface area contributed by atoms with Crippen LogP contribution in [0.15, 0.2) is 48.5 Å². The Morgan fingerprint density at radius 3 is 2.54 bits per heavy atom. The van der Waals surface area contributed by atoms with Crippen molar-refractivity contribution in [2.24, 2.45) is 0 Å². The van der Waals surface area contributed by atoms with Crippen molar-refractivity contribution in [2.75, 3.05) is 27.3 Å². The third-order valence-electron chi connectivity index (χ3n) is 4.17. The number of methoxy groups -OCH3 is 1. The second kappa shape index (κ2) is 9.82. The van der Waals surface area contributed by atoms with E-state index >= 15 is 0 Å². The predicted molar refractivity (Wildman–Crippen MR) is 103 cm³/mol. The number of amides is 1. The fourth-order valence-electron chi connectivity index (χ4n) is 2.90. The molecule has 140 valence electrons. The molecule has 0 aliphatic heterocycles. The quantitative estimate of drug-likeness (QED) is 0.722. The van der Waals surface area contributed by atoms with Crippen LogP contribution in [0, 0.1) is 0 Å². The molecule has 2 N–H and O–H groups in total. The molecule has 5 nitrogen and oxygen atoms in total. The Kier molecular flexibility index (Phi) is 7.48. The van der Waals surface area contributed by atoms with Gasteiger partial charge in [-0.05, 0) is 37.6 Å². The molecule has 0 aromatic heterocycles. The predicted octanol–water partition coefficient (Wildman–Crippen LogP) is 1.99. The standard InChI is InChI=1S/C21H28N2O3/c1-5-26-19-12-11-17(13-20(19)25-4)14-23(3)15-21(24)22-16(2)18-9-7-6-8-10-18/h6-13,16H,5,14-15H2,1-4H3,(H,22,24)/p+1/t16-/m1/s1. The minimum Gasteiger partial charge on any atom is -0.493 e. The molecule has 0 aliphatic rings. The van der Waals surface area contributed by atoms with Crippen LogP contribution < -0.4 is 19.7 Å². The van der Waals surface area contributed by atoms with Crippen molar-refractivity contribution in [3.05, 3.63) is 59.7 Å². The fourth-order valence-corrected chi connectivity index (χ4v) is 2.90. The lowest BCUT2D eigenvalue weighted by atomic mass is 10.1. The first-order valence-corrected chi connectivity index (χ1v) is 8.98. The molecule has 0 saturated carbocycles. The van der Waals surface area contributed by atoms with Gasteiger partial charge >= 0.3 is 0 Å². The molecule has 0 radical (unpaired) electrons. The van der Waals surface area contributed by atoms with Crippen LogP contribution in [0.25, 0.3) is 0 Å². The zero-order valence-corrected chi connectivity index (χ0v) is 16.0. The van der Waals surface area contributed by atoms with E-state index in [2.05, 4.69) is 5.32 Å². The average Bonchev–Trinajstić information content (AvgIpc) is 2.63. The summed E-state index contributed by atoms with van der Waals surface area (Å²) in [5.74, 6) is 1.50. The van der Waals surface area contributed by atoms with E-state index in [1.165, 1.54) is 0 Å². The highest BCUT2D eigenvalue weighted by Crippen LogP contribution is 2.27. The highest BCUT2D eigenvalue weighted by atomic mass is 16.5. The van der Waals surface area contributed by atoms with Crippen LogP contribution in [-0.4, -0.2) is 33.2 Å². The molecule has 0 spiro atoms. The first-order chi connectivity index (χ1) is 12.5. The molecule has 0 fully saturated rings. The molecular weight excluding hydrogens is 328 g/mol. The lowest BCUT2D eigenvalue weighted by molar-refractivity contribution is -0.885. The normalized spacial score (nSPS) is 12.9. The number of ether oxygens (including phenoxy) is 2. The summed E-state index contributed by atoms with van der Waals surface area (Å²) in [7, 11) is 3.65. The van der Waals surface area contributed by atoms with Crippen molar-refractivity contribution in [1.82, 2.24) is 5.32 Å². The summed E-state index contributed by atoms with van der Waals surface area (Å²) in [5, 5.41) is 3.06. The van der Waals surface area contributed by atoms with E-state index in [4.69, 9.17) is 9.47 Å². The van der Waals surface area contributed by atoms with Gasteiger partial charge in [-0.3, -0.25) is 4.79 Å². The number of carbonyl (C=O) groups is 1. The Morgan fingerprint density at radius 2 is 1.88 bits per heavy atom. The largest absolute Gasteiger partial charge is 0.493 e. The second-order valence-electron chi connectivity index (χ2n) is 6.43. The van der Waals surface area contributed by atoms with Gasteiger partial charge in [-0.1, -0.05) is 30.3 Å². The lowest BCUT2D eigenvalue weighted by Gasteiger charge is -2.18. The summed E-state index contributed by atoms with van der Waals surface area (Å²) >= 11 is 0. The lowest BCUT2D eigenvalue weighted by Crippen LogP contribution is -3.08. The molecule has 0 saturated heterocycles. The second-order valence-corrected chi connectivity index (χ2v) is 6.43. The number of benzene rings is 2. The zero-order valence-electron chi connectivity index (χ0n) is 16.0. The molecule has 1 amide bonds. The van der Waals surface area contributed by atoms with E-state index in [-0.39, 0.29) is 11.9 Å². The summed E-state index contributed by atoms with van der Waals surface area (Å²) in [6.45, 7) is 5.68. The van der Waals surface area contributed by atoms with Gasteiger partial charge in [0.25, 0.3) is 5.91 Å². The molecule has 0 heterocycles. The number of quaternary nitrogens is 1. The molecule has 2 atom stereocenters. The maximum absolute atomic E-state index is 12.3. The van der Waals surface area contributed by atoms with Gasteiger partial charge in [0, 0.05) is 5.56 Å². The molecule has 26 heavy (non-hydrogen) atoms. The van der Waals surface area contributed by atoms with Gasteiger partial charge < -0.3 is 19.7 Å². The number of rotatable bonds is 9. The smallest absolute Gasteiger partial charge is 0.275 e. The van der Waals surface area contributed by atoms with Gasteiger partial charge in [0.1, 0.15) is 6.54 Å². The number of hydrogen-bond donors (Lipinski definition) is 2. The molecule has 0 aliphatic carbocycles. The Balaban J connectivity index is 1.89. The first-order valence-electron chi connectivity index (χ1n) is 8.98. The van der Waals surface area contributed by atoms with Crippen molar-refractivity contribution in [1.29, 1.82) is 0 Å². The third kappa shape index (κ3) is 5.77. The van der Waals surface area contributed by atoms with E-state index < -0.39 is 0 Å². The summed E-state index contributed by atoms with van der Waals surface area (Å²) in [5.41, 5.74) is 2.21. The molecule has 2 rings (SSSR count). The van der Waals surface area contributed by atoms with Crippen LogP contribution in [0.1, 0.15) is 31.0 Å². The van der Waals surface area contributed by atoms with Crippen LogP contribution in [0.3, 0.4) is 0 Å². The highest BCUT2D eigenvalue weighted by Gasteiger charge is 2.15. The Hall–Kier alpha value is -2.53. The molecule has 2 aromatic rings. The number of hydrogen-bond acceptors (Lipinski definition) is 3. The summed E-state index contributed by atoms with van der Waals surface area (Å²) < 4.78 is 10.9. The van der Waals surface area contributed by atoms with Gasteiger partial charge in [0.2, 0.25) is 0 Å². The number of nitrogens with one attached hydrogen (secondary N) is 2. The zero-order chi connectivity index (χ0) is 18.9. The van der Waals surface area contributed by atoms with E-state index in [9.17, 15) is 4.79 Å². The maximum atomic E-state index is 12.3. The van der Waals surface area contributed by atoms with E-state index in [1.807, 2.05) is 69.4 Å². The molecule has 2 aromatic carbocycles. The van der Waals surface area contributed by atoms with Crippen LogP contribution in [0.2, 0.25) is 0 Å². The molecule has 0 bridgehead atoms. The molecule has 1 unspecified atom stereocenters. The number of carbonyl (C=O) groups excluding carboxylic acids is 1. The van der Waals surface area contributed by atoms with Crippen molar-refractivity contribution in [3.63, 3.8) is 0 Å². The molecular formula is C21H29N2O3+. The van der Waals surface area contributed by atoms with E-state index in [1.54, 1.807) is 7.11 Å². The summed E-state index contributed by atoms with van der Waals surface area (Å²) in [4.78, 5) is 13.4.